The Morgan fingerprint density at radius 2 is 1.94 bits per heavy atom. The van der Waals surface area contributed by atoms with Crippen molar-refractivity contribution in [2.24, 2.45) is 0 Å². The highest BCUT2D eigenvalue weighted by atomic mass is 16.5. The Labute approximate surface area is 180 Å². The number of furan rings is 1. The first kappa shape index (κ1) is 20.5. The summed E-state index contributed by atoms with van der Waals surface area (Å²) in [5.41, 5.74) is 2.38. The minimum absolute atomic E-state index is 0.0459. The van der Waals surface area contributed by atoms with Gasteiger partial charge in [-0.1, -0.05) is 12.1 Å². The lowest BCUT2D eigenvalue weighted by Crippen LogP contribution is -2.48. The number of hydrogen-bond donors (Lipinski definition) is 0. The van der Waals surface area contributed by atoms with Crippen LogP contribution in [-0.2, 0) is 11.4 Å². The summed E-state index contributed by atoms with van der Waals surface area (Å²) in [4.78, 5) is 19.5. The number of ether oxygens (including phenoxy) is 1. The van der Waals surface area contributed by atoms with Crippen molar-refractivity contribution in [1.82, 2.24) is 9.88 Å². The van der Waals surface area contributed by atoms with Crippen molar-refractivity contribution in [1.29, 1.82) is 5.26 Å². The summed E-state index contributed by atoms with van der Waals surface area (Å²) in [7, 11) is 0. The summed E-state index contributed by atoms with van der Waals surface area (Å²) < 4.78 is 17.6. The molecule has 3 aromatic rings. The number of oxazole rings is 1. The van der Waals surface area contributed by atoms with Crippen LogP contribution in [0.4, 0.5) is 5.88 Å². The smallest absolute Gasteiger partial charge is 0.266 e. The summed E-state index contributed by atoms with van der Waals surface area (Å²) in [6, 6.07) is 11.7. The first-order valence-electron chi connectivity index (χ1n) is 10.1. The van der Waals surface area contributed by atoms with Gasteiger partial charge in [-0.15, -0.1) is 0 Å². The molecule has 4 rings (SSSR count). The molecular weight excluding hydrogens is 396 g/mol. The lowest BCUT2D eigenvalue weighted by atomic mass is 10.1. The molecule has 1 fully saturated rings. The molecule has 0 spiro atoms. The van der Waals surface area contributed by atoms with E-state index in [-0.39, 0.29) is 24.1 Å². The maximum atomic E-state index is 11.5. The van der Waals surface area contributed by atoms with Crippen LogP contribution >= 0.6 is 0 Å². The average molecular weight is 420 g/mol. The van der Waals surface area contributed by atoms with Gasteiger partial charge in [0.15, 0.2) is 5.76 Å². The highest BCUT2D eigenvalue weighted by Crippen LogP contribution is 2.30. The van der Waals surface area contributed by atoms with E-state index in [4.69, 9.17) is 13.6 Å². The van der Waals surface area contributed by atoms with Gasteiger partial charge in [0.1, 0.15) is 24.2 Å². The van der Waals surface area contributed by atoms with Crippen LogP contribution in [0, 0.1) is 25.2 Å². The van der Waals surface area contributed by atoms with Crippen molar-refractivity contribution in [3.63, 3.8) is 0 Å². The highest BCUT2D eigenvalue weighted by molar-refractivity contribution is 5.73. The van der Waals surface area contributed by atoms with Crippen molar-refractivity contribution in [3.05, 3.63) is 52.9 Å². The number of carbonyl (C=O) groups is 1. The topological polar surface area (TPSA) is 95.7 Å². The number of hydrogen-bond acceptors (Lipinski definition) is 7. The van der Waals surface area contributed by atoms with E-state index in [0.29, 0.717) is 43.6 Å². The fourth-order valence-electron chi connectivity index (χ4n) is 3.51. The molecule has 0 N–H and O–H groups in total. The van der Waals surface area contributed by atoms with Gasteiger partial charge in [-0.05, 0) is 43.2 Å². The third-order valence-electron chi connectivity index (χ3n) is 5.31. The monoisotopic (exact) mass is 420 g/mol. The van der Waals surface area contributed by atoms with Crippen molar-refractivity contribution in [2.75, 3.05) is 31.1 Å². The van der Waals surface area contributed by atoms with Crippen molar-refractivity contribution < 1.29 is 18.4 Å². The Morgan fingerprint density at radius 1 is 1.16 bits per heavy atom. The molecule has 31 heavy (non-hydrogen) atoms. The minimum Gasteiger partial charge on any atom is -0.485 e. The second-order valence-corrected chi connectivity index (χ2v) is 7.60. The number of aryl methyl sites for hydroxylation is 2. The molecule has 0 bridgehead atoms. The van der Waals surface area contributed by atoms with Crippen molar-refractivity contribution >= 4 is 11.8 Å². The first-order valence-corrected chi connectivity index (χ1v) is 10.1. The Hall–Kier alpha value is -3.73. The number of nitrogens with zero attached hydrogens (tertiary/aromatic N) is 4. The molecule has 1 aliphatic heterocycles. The van der Waals surface area contributed by atoms with E-state index in [1.54, 1.807) is 17.9 Å². The fourth-order valence-corrected chi connectivity index (χ4v) is 3.51. The highest BCUT2D eigenvalue weighted by Gasteiger charge is 2.26. The number of rotatable bonds is 5. The Bertz CT molecular complexity index is 1130. The standard InChI is InChI=1S/C23H24N4O4/c1-15-4-5-16(2)21(12-15)29-14-18-6-7-20(30-18)22-25-19(13-24)23(31-22)27-10-8-26(9-11-27)17(3)28/h4-7,12H,8-11,14H2,1-3H3. The van der Waals surface area contributed by atoms with Crippen LogP contribution in [0.25, 0.3) is 11.7 Å². The van der Waals surface area contributed by atoms with Gasteiger partial charge in [-0.3, -0.25) is 4.79 Å². The quantitative estimate of drug-likeness (QED) is 0.621. The maximum absolute atomic E-state index is 11.5. The van der Waals surface area contributed by atoms with Crippen LogP contribution in [0.3, 0.4) is 0 Å². The molecule has 0 unspecified atom stereocenters. The van der Waals surface area contributed by atoms with E-state index in [9.17, 15) is 10.1 Å². The summed E-state index contributed by atoms with van der Waals surface area (Å²) in [6.45, 7) is 8.16. The number of nitriles is 1. The second-order valence-electron chi connectivity index (χ2n) is 7.60. The largest absolute Gasteiger partial charge is 0.485 e. The van der Waals surface area contributed by atoms with Gasteiger partial charge < -0.3 is 23.4 Å². The zero-order valence-electron chi connectivity index (χ0n) is 17.8. The Morgan fingerprint density at radius 3 is 2.65 bits per heavy atom. The molecule has 1 aromatic carbocycles. The molecule has 3 heterocycles. The third-order valence-corrected chi connectivity index (χ3v) is 5.31. The molecule has 8 nitrogen and oxygen atoms in total. The maximum Gasteiger partial charge on any atom is 0.266 e. The fraction of sp³-hybridized carbons (Fsp3) is 0.348. The van der Waals surface area contributed by atoms with Gasteiger partial charge >= 0.3 is 0 Å². The molecule has 0 saturated carbocycles. The van der Waals surface area contributed by atoms with E-state index < -0.39 is 0 Å². The minimum atomic E-state index is 0.0459. The molecule has 1 aliphatic rings. The van der Waals surface area contributed by atoms with E-state index in [1.807, 2.05) is 43.0 Å². The second kappa shape index (κ2) is 8.56. The average Bonchev–Trinajstić information content (AvgIpc) is 3.41. The van der Waals surface area contributed by atoms with Crippen LogP contribution in [0.5, 0.6) is 5.75 Å². The van der Waals surface area contributed by atoms with Gasteiger partial charge in [0.25, 0.3) is 5.89 Å². The molecular formula is C23H24N4O4. The van der Waals surface area contributed by atoms with E-state index in [2.05, 4.69) is 11.1 Å². The predicted octanol–water partition coefficient (Wildman–Crippen LogP) is 3.67. The van der Waals surface area contributed by atoms with Gasteiger partial charge in [-0.2, -0.15) is 10.2 Å². The van der Waals surface area contributed by atoms with Crippen LogP contribution in [-0.4, -0.2) is 42.0 Å². The van der Waals surface area contributed by atoms with Gasteiger partial charge in [0.2, 0.25) is 17.5 Å². The third kappa shape index (κ3) is 4.40. The lowest BCUT2D eigenvalue weighted by molar-refractivity contribution is -0.129. The molecule has 1 saturated heterocycles. The van der Waals surface area contributed by atoms with Crippen LogP contribution < -0.4 is 9.64 Å². The van der Waals surface area contributed by atoms with Gasteiger partial charge in [0, 0.05) is 33.1 Å². The lowest BCUT2D eigenvalue weighted by Gasteiger charge is -2.33. The van der Waals surface area contributed by atoms with Crippen LogP contribution in [0.1, 0.15) is 29.5 Å². The van der Waals surface area contributed by atoms with E-state index >= 15 is 0 Å². The number of amides is 1. The van der Waals surface area contributed by atoms with Crippen LogP contribution in [0.2, 0.25) is 0 Å². The summed E-state index contributed by atoms with van der Waals surface area (Å²) in [6.07, 6.45) is 0. The number of carbonyl (C=O) groups excluding carboxylic acids is 1. The molecule has 0 atom stereocenters. The molecule has 8 heteroatoms. The number of piperazine rings is 1. The van der Waals surface area contributed by atoms with Crippen LogP contribution in [0.15, 0.2) is 39.2 Å². The zero-order valence-corrected chi connectivity index (χ0v) is 17.8. The summed E-state index contributed by atoms with van der Waals surface area (Å²) in [5, 5.41) is 9.50. The molecule has 1 amide bonds. The molecule has 0 aliphatic carbocycles. The normalized spacial score (nSPS) is 13.9. The first-order chi connectivity index (χ1) is 14.9. The van der Waals surface area contributed by atoms with E-state index in [0.717, 1.165) is 16.9 Å². The van der Waals surface area contributed by atoms with Crippen molar-refractivity contribution in [3.8, 4) is 23.5 Å². The number of benzene rings is 1. The summed E-state index contributed by atoms with van der Waals surface area (Å²) in [5.74, 6) is 2.58. The zero-order chi connectivity index (χ0) is 22.0. The molecule has 0 radical (unpaired) electrons. The Kier molecular flexibility index (Phi) is 5.67. The van der Waals surface area contributed by atoms with Gasteiger partial charge in [0.05, 0.1) is 0 Å². The van der Waals surface area contributed by atoms with E-state index in [1.165, 1.54) is 0 Å². The Balaban J connectivity index is 1.47. The number of aromatic nitrogens is 1. The van der Waals surface area contributed by atoms with Gasteiger partial charge in [-0.25, -0.2) is 0 Å². The number of anilines is 1. The molecule has 160 valence electrons. The van der Waals surface area contributed by atoms with Crippen molar-refractivity contribution in [2.45, 2.75) is 27.4 Å². The summed E-state index contributed by atoms with van der Waals surface area (Å²) >= 11 is 0. The molecule has 2 aromatic heterocycles. The predicted molar refractivity (Wildman–Crippen MR) is 114 cm³/mol. The SMILES string of the molecule is CC(=O)N1CCN(c2oc(-c3ccc(COc4cc(C)ccc4C)o3)nc2C#N)CC1.